The van der Waals surface area contributed by atoms with Crippen LogP contribution in [0.15, 0.2) is 72.8 Å². The number of rotatable bonds is 1. The molecule has 0 nitrogen and oxygen atoms in total. The van der Waals surface area contributed by atoms with Gasteiger partial charge in [-0.05, 0) is 58.4 Å². The molecule has 0 aromatic heterocycles. The Labute approximate surface area is 312 Å². The molecule has 0 N–H and O–H groups in total. The second-order valence-corrected chi connectivity index (χ2v) is 17.4. The summed E-state index contributed by atoms with van der Waals surface area (Å²) in [7, 11) is 0. The van der Waals surface area contributed by atoms with Crippen LogP contribution in [0.3, 0.4) is 0 Å². The first-order chi connectivity index (χ1) is 20.9. The molecule has 0 amide bonds. The molecule has 0 fully saturated rings. The van der Waals surface area contributed by atoms with E-state index in [9.17, 15) is 0 Å². The minimum absolute atomic E-state index is 0. The predicted octanol–water partition coefficient (Wildman–Crippen LogP) is 5.55. The monoisotopic (exact) mass is 738 g/mol. The summed E-state index contributed by atoms with van der Waals surface area (Å²) in [6.07, 6.45) is 7.13. The molecule has 0 atom stereocenters. The van der Waals surface area contributed by atoms with Crippen molar-refractivity contribution in [3.8, 4) is 11.1 Å². The van der Waals surface area contributed by atoms with E-state index in [0.29, 0.717) is 5.41 Å². The molecule has 47 heavy (non-hydrogen) atoms. The molecule has 0 saturated heterocycles. The van der Waals surface area contributed by atoms with E-state index in [2.05, 4.69) is 156 Å². The van der Waals surface area contributed by atoms with Gasteiger partial charge in [0.25, 0.3) is 0 Å². The van der Waals surface area contributed by atoms with Crippen LogP contribution in [0.5, 0.6) is 0 Å². The number of fused-ring (bicyclic) bond motifs is 5. The van der Waals surface area contributed by atoms with E-state index in [0.717, 1.165) is 6.42 Å². The Balaban J connectivity index is 0.000000228. The maximum Gasteiger partial charge on any atom is -0.0632 e. The zero-order valence-electron chi connectivity index (χ0n) is 30.4. The number of halogens is 2. The summed E-state index contributed by atoms with van der Waals surface area (Å²) in [6.45, 7) is 27.0. The normalized spacial score (nSPS) is 15.5. The standard InChI is InChI=1S/C25H25.C11H17.C8H8.2ClH.Zr/c1-14-12-24(3,4)22-8-16-7-17-9-23-19(15(2)13-25(23,5)6)11-21(17)20(16)10-18(14)22;1-8-6-9(2)10(7-8)11(3,4)5;1-2-8-6-4-3-5-7-8;;;/h8-12H,7H2,1-6H3;6-7H,1-5H3;3-7H,1H3;2*1H;/q2*-1;;;;+2/p-2. The van der Waals surface area contributed by atoms with Gasteiger partial charge in [-0.3, -0.25) is 6.08 Å². The number of aryl methyl sites for hydroxylation is 2. The van der Waals surface area contributed by atoms with Crippen molar-refractivity contribution >= 4 is 14.4 Å². The third-order valence-corrected chi connectivity index (χ3v) is 10.4. The molecule has 3 heteroatoms. The first-order valence-corrected chi connectivity index (χ1v) is 17.6. The summed E-state index contributed by atoms with van der Waals surface area (Å²) < 4.78 is 1.46. The summed E-state index contributed by atoms with van der Waals surface area (Å²) in [6, 6.07) is 24.8. The van der Waals surface area contributed by atoms with Crippen LogP contribution in [0.1, 0.15) is 125 Å². The molecule has 3 aliphatic rings. The van der Waals surface area contributed by atoms with Crippen molar-refractivity contribution in [2.75, 3.05) is 0 Å². The summed E-state index contributed by atoms with van der Waals surface area (Å²) in [5, 5.41) is 0. The smallest absolute Gasteiger partial charge is 0.0632 e. The van der Waals surface area contributed by atoms with Crippen LogP contribution in [0.25, 0.3) is 22.3 Å². The van der Waals surface area contributed by atoms with Crippen molar-refractivity contribution in [2.24, 2.45) is 0 Å². The second kappa shape index (κ2) is 14.4. The minimum atomic E-state index is 0. The van der Waals surface area contributed by atoms with Gasteiger partial charge in [0, 0.05) is 5.41 Å². The van der Waals surface area contributed by atoms with E-state index in [4.69, 9.17) is 0 Å². The van der Waals surface area contributed by atoms with Crippen LogP contribution in [0.2, 0.25) is 0 Å². The quantitative estimate of drug-likeness (QED) is 0.198. The van der Waals surface area contributed by atoms with Gasteiger partial charge >= 0.3 is 70.3 Å². The van der Waals surface area contributed by atoms with Crippen LogP contribution < -0.4 is 24.8 Å². The Morgan fingerprint density at radius 2 is 1.32 bits per heavy atom. The number of hydrogen-bond donors (Lipinski definition) is 0. The second-order valence-electron chi connectivity index (χ2n) is 15.6. The van der Waals surface area contributed by atoms with E-state index in [-0.39, 0.29) is 35.6 Å². The molecular formula is C44H50Cl2Zr-2. The van der Waals surface area contributed by atoms with Gasteiger partial charge in [-0.2, -0.15) is 28.3 Å². The van der Waals surface area contributed by atoms with E-state index in [1.165, 1.54) is 105 Å². The van der Waals surface area contributed by atoms with E-state index >= 15 is 0 Å². The Hall–Kier alpha value is -2.18. The van der Waals surface area contributed by atoms with Gasteiger partial charge in [0.2, 0.25) is 0 Å². The average Bonchev–Trinajstić information content (AvgIpc) is 3.62. The fourth-order valence-corrected chi connectivity index (χ4v) is 7.98. The molecule has 0 aliphatic heterocycles. The van der Waals surface area contributed by atoms with Crippen molar-refractivity contribution in [1.82, 2.24) is 0 Å². The van der Waals surface area contributed by atoms with Crippen molar-refractivity contribution in [1.29, 1.82) is 0 Å². The van der Waals surface area contributed by atoms with Gasteiger partial charge in [0.05, 0.1) is 0 Å². The number of allylic oxidation sites excluding steroid dienone is 4. The van der Waals surface area contributed by atoms with Gasteiger partial charge in [-0.25, -0.2) is 11.6 Å². The molecule has 0 heterocycles. The minimum Gasteiger partial charge on any atom is -1.00 e. The number of hydrogen-bond acceptors (Lipinski definition) is 0. The molecule has 0 spiro atoms. The van der Waals surface area contributed by atoms with Crippen LogP contribution in [-0.4, -0.2) is 3.21 Å². The molecule has 7 rings (SSSR count). The Bertz CT molecular complexity index is 1770. The summed E-state index contributed by atoms with van der Waals surface area (Å²) in [4.78, 5) is 0. The van der Waals surface area contributed by atoms with Crippen molar-refractivity contribution < 1.29 is 49.0 Å². The predicted molar refractivity (Wildman–Crippen MR) is 193 cm³/mol. The zero-order chi connectivity index (χ0) is 33.1. The first-order valence-electron chi connectivity index (χ1n) is 16.4. The van der Waals surface area contributed by atoms with E-state index < -0.39 is 0 Å². The van der Waals surface area contributed by atoms with E-state index in [1.54, 1.807) is 0 Å². The fraction of sp³-hybridized carbons (Fsp3) is 0.364. The molecule has 0 bridgehead atoms. The summed E-state index contributed by atoms with van der Waals surface area (Å²) in [5.74, 6) is 0. The molecule has 0 unspecified atom stereocenters. The zero-order valence-corrected chi connectivity index (χ0v) is 34.4. The van der Waals surface area contributed by atoms with Crippen molar-refractivity contribution in [3.05, 3.63) is 135 Å². The third kappa shape index (κ3) is 8.01. The van der Waals surface area contributed by atoms with Crippen molar-refractivity contribution in [2.45, 2.75) is 106 Å². The SMILES string of the molecule is CC1=[C-]C(C)(C)c2cc3c(cc21)-c1cc2c(cc1C3)C(C)(C)C=C2C.C[C](=[Zr+2])c1ccccc1.Cc1cc(C(C)(C)C)c(C)[cH-]1.[Cl-].[Cl-]. The third-order valence-electron chi connectivity index (χ3n) is 9.69. The molecule has 246 valence electrons. The van der Waals surface area contributed by atoms with Crippen LogP contribution in [0, 0.1) is 19.9 Å². The molecule has 4 aromatic rings. The van der Waals surface area contributed by atoms with Gasteiger partial charge < -0.3 is 24.8 Å². The Morgan fingerprint density at radius 3 is 1.79 bits per heavy atom. The van der Waals surface area contributed by atoms with E-state index in [1.807, 2.05) is 6.07 Å². The molecule has 3 aliphatic carbocycles. The summed E-state index contributed by atoms with van der Waals surface area (Å²) in [5.41, 5.74) is 20.5. The van der Waals surface area contributed by atoms with Gasteiger partial charge in [-0.15, -0.1) is 11.6 Å². The Kier molecular flexibility index (Phi) is 12.0. The maximum atomic E-state index is 3.65. The van der Waals surface area contributed by atoms with Crippen LogP contribution >= 0.6 is 0 Å². The van der Waals surface area contributed by atoms with Crippen LogP contribution in [-0.2, 0) is 46.9 Å². The number of benzene rings is 3. The topological polar surface area (TPSA) is 0 Å². The molecule has 4 aromatic carbocycles. The van der Waals surface area contributed by atoms with Crippen LogP contribution in [0.4, 0.5) is 0 Å². The summed E-state index contributed by atoms with van der Waals surface area (Å²) >= 11 is 1.51. The first kappa shape index (κ1) is 39.3. The van der Waals surface area contributed by atoms with Gasteiger partial charge in [0.1, 0.15) is 0 Å². The molecular weight excluding hydrogens is 691 g/mol. The largest absolute Gasteiger partial charge is 1.00 e. The maximum absolute atomic E-state index is 3.65. The average molecular weight is 741 g/mol. The fourth-order valence-electron chi connectivity index (χ4n) is 7.57. The van der Waals surface area contributed by atoms with Crippen molar-refractivity contribution in [3.63, 3.8) is 0 Å². The molecule has 0 radical (unpaired) electrons. The van der Waals surface area contributed by atoms with Gasteiger partial charge in [0.15, 0.2) is 0 Å². The Morgan fingerprint density at radius 1 is 0.766 bits per heavy atom. The van der Waals surface area contributed by atoms with Gasteiger partial charge in [-0.1, -0.05) is 98.3 Å². The molecule has 0 saturated carbocycles.